The molecule has 0 radical (unpaired) electrons. The average molecular weight is 262 g/mol. The fraction of sp³-hybridized carbons (Fsp3) is 0.429. The van der Waals surface area contributed by atoms with Gasteiger partial charge in [-0.1, -0.05) is 12.6 Å². The van der Waals surface area contributed by atoms with Crippen LogP contribution in [0, 0.1) is 10.1 Å². The summed E-state index contributed by atoms with van der Waals surface area (Å²) in [5.41, 5.74) is 1.74. The van der Waals surface area contributed by atoms with Crippen LogP contribution in [0.5, 0.6) is 5.75 Å². The van der Waals surface area contributed by atoms with Gasteiger partial charge in [-0.3, -0.25) is 10.1 Å². The number of nitro benzene ring substituents is 1. The van der Waals surface area contributed by atoms with E-state index >= 15 is 0 Å². The Morgan fingerprint density at radius 3 is 2.89 bits per heavy atom. The van der Waals surface area contributed by atoms with Crippen molar-refractivity contribution in [2.45, 2.75) is 32.4 Å². The van der Waals surface area contributed by atoms with E-state index in [0.717, 1.165) is 11.1 Å². The minimum Gasteiger partial charge on any atom is -0.482 e. The number of hydrogen-bond donors (Lipinski definition) is 1. The van der Waals surface area contributed by atoms with Crippen molar-refractivity contribution >= 4 is 5.69 Å². The Morgan fingerprint density at radius 2 is 2.32 bits per heavy atom. The second-order valence-electron chi connectivity index (χ2n) is 4.96. The zero-order valence-corrected chi connectivity index (χ0v) is 11.0. The van der Waals surface area contributed by atoms with Crippen molar-refractivity contribution in [3.63, 3.8) is 0 Å². The SMILES string of the molecule is C=C(C)COc1ccc(CNC2CC2)cc1[N+](=O)[O-]. The molecule has 0 unspecified atom stereocenters. The van der Waals surface area contributed by atoms with E-state index in [9.17, 15) is 10.1 Å². The van der Waals surface area contributed by atoms with Crippen molar-refractivity contribution in [3.05, 3.63) is 46.0 Å². The molecule has 0 amide bonds. The number of ether oxygens (including phenoxy) is 1. The van der Waals surface area contributed by atoms with Gasteiger partial charge in [0.2, 0.25) is 0 Å². The third-order valence-corrected chi connectivity index (χ3v) is 2.87. The number of nitrogens with zero attached hydrogens (tertiary/aromatic N) is 1. The smallest absolute Gasteiger partial charge is 0.311 e. The summed E-state index contributed by atoms with van der Waals surface area (Å²) < 4.78 is 5.39. The van der Waals surface area contributed by atoms with Gasteiger partial charge in [0.15, 0.2) is 5.75 Å². The molecule has 1 aromatic rings. The summed E-state index contributed by atoms with van der Waals surface area (Å²) in [6, 6.07) is 5.67. The summed E-state index contributed by atoms with van der Waals surface area (Å²) in [5, 5.41) is 14.4. The molecule has 0 heterocycles. The van der Waals surface area contributed by atoms with Gasteiger partial charge in [0.05, 0.1) is 4.92 Å². The van der Waals surface area contributed by atoms with Crippen LogP contribution in [0.25, 0.3) is 0 Å². The zero-order valence-electron chi connectivity index (χ0n) is 11.0. The Kier molecular flexibility index (Phi) is 4.16. The van der Waals surface area contributed by atoms with E-state index in [1.54, 1.807) is 12.1 Å². The molecule has 0 bridgehead atoms. The standard InChI is InChI=1S/C14H18N2O3/c1-10(2)9-19-14-6-3-11(7-13(14)16(17)18)8-15-12-4-5-12/h3,6-7,12,15H,1,4-5,8-9H2,2H3. The molecular weight excluding hydrogens is 244 g/mol. The molecule has 1 aliphatic carbocycles. The highest BCUT2D eigenvalue weighted by atomic mass is 16.6. The van der Waals surface area contributed by atoms with Crippen LogP contribution in [0.3, 0.4) is 0 Å². The molecule has 1 N–H and O–H groups in total. The fourth-order valence-electron chi connectivity index (χ4n) is 1.69. The van der Waals surface area contributed by atoms with Crippen molar-refractivity contribution in [3.8, 4) is 5.75 Å². The van der Waals surface area contributed by atoms with Crippen LogP contribution in [-0.4, -0.2) is 17.6 Å². The molecule has 0 aliphatic heterocycles. The van der Waals surface area contributed by atoms with Crippen LogP contribution < -0.4 is 10.1 Å². The molecule has 0 atom stereocenters. The lowest BCUT2D eigenvalue weighted by Crippen LogP contribution is -2.15. The normalized spacial score (nSPS) is 14.2. The largest absolute Gasteiger partial charge is 0.482 e. The molecular formula is C14H18N2O3. The van der Waals surface area contributed by atoms with E-state index < -0.39 is 4.92 Å². The highest BCUT2D eigenvalue weighted by Gasteiger charge is 2.21. The van der Waals surface area contributed by atoms with Crippen molar-refractivity contribution in [2.75, 3.05) is 6.61 Å². The van der Waals surface area contributed by atoms with Crippen molar-refractivity contribution < 1.29 is 9.66 Å². The van der Waals surface area contributed by atoms with Crippen molar-refractivity contribution in [1.82, 2.24) is 5.32 Å². The van der Waals surface area contributed by atoms with Gasteiger partial charge in [-0.05, 0) is 37.0 Å². The minimum absolute atomic E-state index is 0.0105. The first kappa shape index (κ1) is 13.5. The highest BCUT2D eigenvalue weighted by molar-refractivity contribution is 5.48. The summed E-state index contributed by atoms with van der Waals surface area (Å²) in [5.74, 6) is 0.295. The maximum Gasteiger partial charge on any atom is 0.311 e. The first-order valence-electron chi connectivity index (χ1n) is 6.34. The molecule has 1 saturated carbocycles. The molecule has 0 spiro atoms. The van der Waals surface area contributed by atoms with Gasteiger partial charge in [0, 0.05) is 18.7 Å². The molecule has 1 fully saturated rings. The third-order valence-electron chi connectivity index (χ3n) is 2.87. The maximum absolute atomic E-state index is 11.1. The Labute approximate surface area is 112 Å². The van der Waals surface area contributed by atoms with Gasteiger partial charge in [0.25, 0.3) is 0 Å². The molecule has 1 aromatic carbocycles. The molecule has 5 heteroatoms. The predicted octanol–water partition coefficient (Wildman–Crippen LogP) is 2.80. The van der Waals surface area contributed by atoms with E-state index in [0.29, 0.717) is 24.9 Å². The Balaban J connectivity index is 2.09. The van der Waals surface area contributed by atoms with Crippen molar-refractivity contribution in [1.29, 1.82) is 0 Å². The van der Waals surface area contributed by atoms with Gasteiger partial charge in [-0.25, -0.2) is 0 Å². The average Bonchev–Trinajstić information content (AvgIpc) is 3.18. The zero-order chi connectivity index (χ0) is 13.8. The van der Waals surface area contributed by atoms with Crippen LogP contribution in [0.2, 0.25) is 0 Å². The van der Waals surface area contributed by atoms with Gasteiger partial charge < -0.3 is 10.1 Å². The number of nitrogens with one attached hydrogen (secondary N) is 1. The molecule has 0 aromatic heterocycles. The van der Waals surface area contributed by atoms with Crippen LogP contribution in [0.4, 0.5) is 5.69 Å². The Hall–Kier alpha value is -1.88. The summed E-state index contributed by atoms with van der Waals surface area (Å²) in [7, 11) is 0. The van der Waals surface area contributed by atoms with Crippen LogP contribution in [-0.2, 0) is 6.54 Å². The van der Waals surface area contributed by atoms with E-state index in [-0.39, 0.29) is 5.69 Å². The Bertz CT molecular complexity index is 495. The highest BCUT2D eigenvalue weighted by Crippen LogP contribution is 2.28. The first-order valence-corrected chi connectivity index (χ1v) is 6.34. The van der Waals surface area contributed by atoms with Gasteiger partial charge >= 0.3 is 5.69 Å². The molecule has 5 nitrogen and oxygen atoms in total. The fourth-order valence-corrected chi connectivity index (χ4v) is 1.69. The van der Waals surface area contributed by atoms with Gasteiger partial charge in [-0.15, -0.1) is 0 Å². The van der Waals surface area contributed by atoms with E-state index in [2.05, 4.69) is 11.9 Å². The van der Waals surface area contributed by atoms with Gasteiger partial charge in [0.1, 0.15) is 6.61 Å². The molecule has 0 saturated heterocycles. The van der Waals surface area contributed by atoms with E-state index in [1.165, 1.54) is 12.8 Å². The quantitative estimate of drug-likeness (QED) is 0.466. The lowest BCUT2D eigenvalue weighted by Gasteiger charge is -2.08. The first-order chi connectivity index (χ1) is 9.06. The minimum atomic E-state index is -0.408. The number of rotatable bonds is 7. The summed E-state index contributed by atoms with van der Waals surface area (Å²) in [6.45, 7) is 6.48. The number of hydrogen-bond acceptors (Lipinski definition) is 4. The molecule has 102 valence electrons. The third kappa shape index (κ3) is 4.06. The lowest BCUT2D eigenvalue weighted by atomic mass is 10.2. The summed E-state index contributed by atoms with van der Waals surface area (Å²) >= 11 is 0. The number of nitro groups is 1. The molecule has 19 heavy (non-hydrogen) atoms. The topological polar surface area (TPSA) is 64.4 Å². The maximum atomic E-state index is 11.1. The molecule has 2 rings (SSSR count). The lowest BCUT2D eigenvalue weighted by molar-refractivity contribution is -0.385. The van der Waals surface area contributed by atoms with E-state index in [1.807, 2.05) is 13.0 Å². The van der Waals surface area contributed by atoms with Crippen LogP contribution in [0.1, 0.15) is 25.3 Å². The van der Waals surface area contributed by atoms with Gasteiger partial charge in [-0.2, -0.15) is 0 Å². The van der Waals surface area contributed by atoms with E-state index in [4.69, 9.17) is 4.74 Å². The number of benzene rings is 1. The van der Waals surface area contributed by atoms with Crippen LogP contribution >= 0.6 is 0 Å². The monoisotopic (exact) mass is 262 g/mol. The second-order valence-corrected chi connectivity index (χ2v) is 4.96. The van der Waals surface area contributed by atoms with Crippen molar-refractivity contribution in [2.24, 2.45) is 0 Å². The van der Waals surface area contributed by atoms with Crippen LogP contribution in [0.15, 0.2) is 30.4 Å². The predicted molar refractivity (Wildman–Crippen MR) is 73.3 cm³/mol. The molecule has 1 aliphatic rings. The summed E-state index contributed by atoms with van der Waals surface area (Å²) in [6.07, 6.45) is 2.39. The Morgan fingerprint density at radius 1 is 1.58 bits per heavy atom. The second kappa shape index (κ2) is 5.84. The summed E-state index contributed by atoms with van der Waals surface area (Å²) in [4.78, 5) is 10.6.